The maximum absolute atomic E-state index is 13.0. The lowest BCUT2D eigenvalue weighted by molar-refractivity contribution is -0.123. The van der Waals surface area contributed by atoms with Gasteiger partial charge in [-0.3, -0.25) is 9.69 Å². The number of nitrogens with two attached hydrogens (primary N) is 1. The Balaban J connectivity index is 1.63. The second-order valence-corrected chi connectivity index (χ2v) is 7.00. The summed E-state index contributed by atoms with van der Waals surface area (Å²) in [6.45, 7) is 0.986. The standard InChI is InChI=1S/C21H22N2O4/c22-20(24)18-16-12-26-13-17(16)23(19(18)15-9-5-2-6-10-15)21(25)27-11-14-7-3-1-4-8-14/h1-10,16-19H,11-13H2,(H2,22,24)/t16-,17+,18+,19+/m1/s1. The molecule has 2 fully saturated rings. The van der Waals surface area contributed by atoms with Crippen LogP contribution in [-0.4, -0.2) is 36.2 Å². The summed E-state index contributed by atoms with van der Waals surface area (Å²) in [5.41, 5.74) is 7.53. The lowest BCUT2D eigenvalue weighted by Crippen LogP contribution is -2.40. The predicted molar refractivity (Wildman–Crippen MR) is 98.4 cm³/mol. The Morgan fingerprint density at radius 2 is 1.70 bits per heavy atom. The number of likely N-dealkylation sites (tertiary alicyclic amines) is 1. The van der Waals surface area contributed by atoms with Crippen molar-refractivity contribution in [3.05, 3.63) is 71.8 Å². The maximum atomic E-state index is 13.0. The zero-order valence-corrected chi connectivity index (χ0v) is 14.9. The van der Waals surface area contributed by atoms with Crippen molar-refractivity contribution >= 4 is 12.0 Å². The summed E-state index contributed by atoms with van der Waals surface area (Å²) in [7, 11) is 0. The fourth-order valence-corrected chi connectivity index (χ4v) is 4.23. The molecule has 4 rings (SSSR count). The molecule has 2 aliphatic heterocycles. The Morgan fingerprint density at radius 1 is 1.04 bits per heavy atom. The van der Waals surface area contributed by atoms with Crippen LogP contribution >= 0.6 is 0 Å². The lowest BCUT2D eigenvalue weighted by Gasteiger charge is -2.30. The molecule has 6 nitrogen and oxygen atoms in total. The first kappa shape index (κ1) is 17.5. The van der Waals surface area contributed by atoms with Crippen LogP contribution in [0.25, 0.3) is 0 Å². The molecule has 2 amide bonds. The third-order valence-electron chi connectivity index (χ3n) is 5.44. The van der Waals surface area contributed by atoms with E-state index in [2.05, 4.69) is 0 Å². The summed E-state index contributed by atoms with van der Waals surface area (Å²) >= 11 is 0. The Kier molecular flexibility index (Phi) is 4.81. The molecule has 2 saturated heterocycles. The highest BCUT2D eigenvalue weighted by Crippen LogP contribution is 2.47. The van der Waals surface area contributed by atoms with Gasteiger partial charge in [0.1, 0.15) is 6.61 Å². The Bertz CT molecular complexity index is 811. The van der Waals surface area contributed by atoms with E-state index in [0.717, 1.165) is 11.1 Å². The molecular formula is C21H22N2O4. The number of carbonyl (C=O) groups is 2. The first-order valence-electron chi connectivity index (χ1n) is 9.08. The highest BCUT2D eigenvalue weighted by molar-refractivity contribution is 5.81. The van der Waals surface area contributed by atoms with Crippen molar-refractivity contribution < 1.29 is 19.1 Å². The number of fused-ring (bicyclic) bond motifs is 1. The average Bonchev–Trinajstić information content (AvgIpc) is 3.27. The van der Waals surface area contributed by atoms with Gasteiger partial charge in [-0.25, -0.2) is 4.79 Å². The van der Waals surface area contributed by atoms with E-state index in [9.17, 15) is 9.59 Å². The van der Waals surface area contributed by atoms with Crippen molar-refractivity contribution in [2.75, 3.05) is 13.2 Å². The summed E-state index contributed by atoms with van der Waals surface area (Å²) in [6.07, 6.45) is -0.447. The van der Waals surface area contributed by atoms with Crippen LogP contribution in [0.3, 0.4) is 0 Å². The molecule has 27 heavy (non-hydrogen) atoms. The highest BCUT2D eigenvalue weighted by Gasteiger charge is 2.56. The molecule has 0 aromatic heterocycles. The van der Waals surface area contributed by atoms with Crippen molar-refractivity contribution in [3.8, 4) is 0 Å². The van der Waals surface area contributed by atoms with Gasteiger partial charge in [-0.05, 0) is 11.1 Å². The first-order chi connectivity index (χ1) is 13.2. The number of rotatable bonds is 4. The fraction of sp³-hybridized carbons (Fsp3) is 0.333. The topological polar surface area (TPSA) is 81.9 Å². The summed E-state index contributed by atoms with van der Waals surface area (Å²) in [5.74, 6) is -1.02. The third kappa shape index (κ3) is 3.28. The van der Waals surface area contributed by atoms with Crippen LogP contribution in [0, 0.1) is 11.8 Å². The van der Waals surface area contributed by atoms with E-state index < -0.39 is 24.0 Å². The zero-order chi connectivity index (χ0) is 18.8. The van der Waals surface area contributed by atoms with Crippen LogP contribution in [0.4, 0.5) is 4.79 Å². The van der Waals surface area contributed by atoms with Gasteiger partial charge in [-0.2, -0.15) is 0 Å². The number of nitrogens with zero attached hydrogens (tertiary/aromatic N) is 1. The quantitative estimate of drug-likeness (QED) is 0.901. The minimum absolute atomic E-state index is 0.114. The SMILES string of the molecule is NC(=O)[C@H]1[C@@H]2COC[C@@H]2N(C(=O)OCc2ccccc2)[C@H]1c1ccccc1. The molecule has 0 unspecified atom stereocenters. The number of amides is 2. The molecule has 2 aliphatic rings. The van der Waals surface area contributed by atoms with Crippen LogP contribution in [0.2, 0.25) is 0 Å². The molecule has 2 heterocycles. The molecule has 2 aromatic rings. The van der Waals surface area contributed by atoms with Crippen molar-refractivity contribution in [1.29, 1.82) is 0 Å². The van der Waals surface area contributed by atoms with E-state index in [1.807, 2.05) is 60.7 Å². The molecule has 2 aromatic carbocycles. The highest BCUT2D eigenvalue weighted by atomic mass is 16.6. The zero-order valence-electron chi connectivity index (χ0n) is 14.9. The van der Waals surface area contributed by atoms with E-state index in [1.165, 1.54) is 0 Å². The second-order valence-electron chi connectivity index (χ2n) is 7.00. The Hall–Kier alpha value is -2.86. The average molecular weight is 366 g/mol. The smallest absolute Gasteiger partial charge is 0.410 e. The van der Waals surface area contributed by atoms with Gasteiger partial charge in [-0.1, -0.05) is 60.7 Å². The number of ether oxygens (including phenoxy) is 2. The van der Waals surface area contributed by atoms with Crippen molar-refractivity contribution in [1.82, 2.24) is 4.90 Å². The second kappa shape index (κ2) is 7.40. The van der Waals surface area contributed by atoms with Crippen LogP contribution in [0.1, 0.15) is 17.2 Å². The van der Waals surface area contributed by atoms with Crippen LogP contribution in [-0.2, 0) is 20.9 Å². The van der Waals surface area contributed by atoms with Gasteiger partial charge < -0.3 is 15.2 Å². The largest absolute Gasteiger partial charge is 0.445 e. The summed E-state index contributed by atoms with van der Waals surface area (Å²) in [4.78, 5) is 26.9. The van der Waals surface area contributed by atoms with Crippen LogP contribution in [0.5, 0.6) is 0 Å². The normalized spacial score (nSPS) is 26.6. The third-order valence-corrected chi connectivity index (χ3v) is 5.44. The Morgan fingerprint density at radius 3 is 2.37 bits per heavy atom. The van der Waals surface area contributed by atoms with Gasteiger partial charge in [-0.15, -0.1) is 0 Å². The molecule has 4 atom stereocenters. The maximum Gasteiger partial charge on any atom is 0.410 e. The van der Waals surface area contributed by atoms with Gasteiger partial charge in [0.05, 0.1) is 31.2 Å². The summed E-state index contributed by atoms with van der Waals surface area (Å²) in [5, 5.41) is 0. The molecule has 140 valence electrons. The summed E-state index contributed by atoms with van der Waals surface area (Å²) in [6, 6.07) is 18.4. The van der Waals surface area contributed by atoms with E-state index >= 15 is 0 Å². The predicted octanol–water partition coefficient (Wildman–Crippen LogP) is 2.50. The molecule has 2 N–H and O–H groups in total. The van der Waals surface area contributed by atoms with Crippen LogP contribution in [0.15, 0.2) is 60.7 Å². The number of primary amides is 1. The molecule has 0 bridgehead atoms. The number of carbonyl (C=O) groups excluding carboxylic acids is 2. The van der Waals surface area contributed by atoms with Gasteiger partial charge in [0.2, 0.25) is 5.91 Å². The van der Waals surface area contributed by atoms with E-state index in [-0.39, 0.29) is 18.6 Å². The minimum Gasteiger partial charge on any atom is -0.445 e. The number of hydrogen-bond donors (Lipinski definition) is 1. The van der Waals surface area contributed by atoms with Crippen molar-refractivity contribution in [2.45, 2.75) is 18.7 Å². The number of hydrogen-bond acceptors (Lipinski definition) is 4. The molecule has 0 aliphatic carbocycles. The first-order valence-corrected chi connectivity index (χ1v) is 9.08. The molecule has 0 saturated carbocycles. The fourth-order valence-electron chi connectivity index (χ4n) is 4.23. The van der Waals surface area contributed by atoms with Crippen LogP contribution < -0.4 is 5.73 Å². The monoisotopic (exact) mass is 366 g/mol. The summed E-state index contributed by atoms with van der Waals surface area (Å²) < 4.78 is 11.1. The van der Waals surface area contributed by atoms with Gasteiger partial charge in [0.15, 0.2) is 0 Å². The van der Waals surface area contributed by atoms with E-state index in [1.54, 1.807) is 4.90 Å². The van der Waals surface area contributed by atoms with Gasteiger partial charge >= 0.3 is 6.09 Å². The van der Waals surface area contributed by atoms with Gasteiger partial charge in [0.25, 0.3) is 0 Å². The van der Waals surface area contributed by atoms with E-state index in [0.29, 0.717) is 13.2 Å². The van der Waals surface area contributed by atoms with Crippen molar-refractivity contribution in [3.63, 3.8) is 0 Å². The number of benzene rings is 2. The molecule has 0 spiro atoms. The van der Waals surface area contributed by atoms with Gasteiger partial charge in [0, 0.05) is 5.92 Å². The molecule has 0 radical (unpaired) electrons. The minimum atomic E-state index is -0.496. The molecular weight excluding hydrogens is 344 g/mol. The van der Waals surface area contributed by atoms with Crippen molar-refractivity contribution in [2.24, 2.45) is 17.6 Å². The Labute approximate surface area is 157 Å². The lowest BCUT2D eigenvalue weighted by atomic mass is 9.85. The van der Waals surface area contributed by atoms with E-state index in [4.69, 9.17) is 15.2 Å². The molecule has 6 heteroatoms.